The Hall–Kier alpha value is -3.32. The fourth-order valence-electron chi connectivity index (χ4n) is 2.72. The van der Waals surface area contributed by atoms with E-state index in [0.29, 0.717) is 21.1 Å². The maximum atomic E-state index is 12.6. The highest BCUT2D eigenvalue weighted by molar-refractivity contribution is 7.15. The summed E-state index contributed by atoms with van der Waals surface area (Å²) in [5, 5.41) is 4.38. The van der Waals surface area contributed by atoms with Gasteiger partial charge in [0.25, 0.3) is 5.56 Å². The highest BCUT2D eigenvalue weighted by atomic mass is 32.1. The van der Waals surface area contributed by atoms with E-state index in [1.54, 1.807) is 30.3 Å². The number of fused-ring (bicyclic) bond motifs is 1. The number of aromatic nitrogens is 3. The summed E-state index contributed by atoms with van der Waals surface area (Å²) in [5.74, 6) is 0.643. The van der Waals surface area contributed by atoms with Crippen molar-refractivity contribution in [3.8, 4) is 17.1 Å². The van der Waals surface area contributed by atoms with Gasteiger partial charge in [-0.2, -0.15) is 9.50 Å². The first-order valence-corrected chi connectivity index (χ1v) is 9.09. The van der Waals surface area contributed by atoms with Crippen LogP contribution in [-0.2, 0) is 4.79 Å². The first kappa shape index (κ1) is 17.1. The van der Waals surface area contributed by atoms with Crippen LogP contribution in [0, 0.1) is 6.92 Å². The van der Waals surface area contributed by atoms with Crippen LogP contribution in [0.4, 0.5) is 0 Å². The van der Waals surface area contributed by atoms with Crippen molar-refractivity contribution in [1.82, 2.24) is 14.6 Å². The molecule has 0 spiro atoms. The van der Waals surface area contributed by atoms with Crippen LogP contribution in [0.1, 0.15) is 18.1 Å². The van der Waals surface area contributed by atoms with Crippen molar-refractivity contribution in [2.75, 3.05) is 0 Å². The summed E-state index contributed by atoms with van der Waals surface area (Å²) < 4.78 is 6.89. The van der Waals surface area contributed by atoms with E-state index < -0.39 is 0 Å². The molecule has 0 amide bonds. The molecule has 0 atom stereocenters. The Bertz CT molecular complexity index is 1260. The lowest BCUT2D eigenvalue weighted by Gasteiger charge is -2.00. The lowest BCUT2D eigenvalue weighted by Crippen LogP contribution is -2.23. The number of thiazole rings is 1. The van der Waals surface area contributed by atoms with E-state index in [0.717, 1.165) is 16.7 Å². The number of hydrogen-bond donors (Lipinski definition) is 0. The third kappa shape index (κ3) is 3.37. The largest absolute Gasteiger partial charge is 0.427 e. The van der Waals surface area contributed by atoms with Crippen LogP contribution in [0.15, 0.2) is 53.3 Å². The summed E-state index contributed by atoms with van der Waals surface area (Å²) in [6, 6.07) is 14.7. The Morgan fingerprint density at radius 3 is 2.56 bits per heavy atom. The zero-order valence-electron chi connectivity index (χ0n) is 14.7. The smallest absolute Gasteiger partial charge is 0.308 e. The molecule has 2 heterocycles. The van der Waals surface area contributed by atoms with E-state index >= 15 is 0 Å². The summed E-state index contributed by atoms with van der Waals surface area (Å²) >= 11 is 1.29. The van der Waals surface area contributed by atoms with Gasteiger partial charge in [0.15, 0.2) is 5.82 Å². The number of hydrogen-bond acceptors (Lipinski definition) is 6. The fraction of sp³-hybridized carbons (Fsp3) is 0.100. The second-order valence-electron chi connectivity index (χ2n) is 6.02. The normalized spacial score (nSPS) is 11.9. The topological polar surface area (TPSA) is 73.6 Å². The predicted octanol–water partition coefficient (Wildman–Crippen LogP) is 2.60. The highest BCUT2D eigenvalue weighted by Gasteiger charge is 2.13. The van der Waals surface area contributed by atoms with Crippen LogP contribution in [0.3, 0.4) is 0 Å². The minimum absolute atomic E-state index is 0.202. The van der Waals surface area contributed by atoms with Gasteiger partial charge in [-0.15, -0.1) is 5.10 Å². The zero-order chi connectivity index (χ0) is 19.0. The van der Waals surface area contributed by atoms with Crippen LogP contribution >= 0.6 is 11.3 Å². The molecule has 6 nitrogen and oxygen atoms in total. The molecule has 4 rings (SSSR count). The van der Waals surface area contributed by atoms with Crippen LogP contribution in [-0.4, -0.2) is 20.6 Å². The summed E-state index contributed by atoms with van der Waals surface area (Å²) in [6.45, 7) is 3.34. The maximum Gasteiger partial charge on any atom is 0.308 e. The van der Waals surface area contributed by atoms with Crippen molar-refractivity contribution in [3.63, 3.8) is 0 Å². The summed E-state index contributed by atoms with van der Waals surface area (Å²) in [4.78, 5) is 28.7. The number of nitrogens with zero attached hydrogens (tertiary/aromatic N) is 3. The standard InChI is InChI=1S/C20H15N3O3S/c1-12-5-3-4-6-16(12)18-21-20-23(22-18)19(25)17(27-20)11-14-7-9-15(10-8-14)26-13(2)24/h3-11H,1-2H3/b17-11+. The van der Waals surface area contributed by atoms with E-state index in [4.69, 9.17) is 4.74 Å². The molecule has 0 fully saturated rings. The Labute approximate surface area is 158 Å². The van der Waals surface area contributed by atoms with Crippen LogP contribution in [0.2, 0.25) is 0 Å². The lowest BCUT2D eigenvalue weighted by atomic mass is 10.1. The van der Waals surface area contributed by atoms with Crippen molar-refractivity contribution in [2.45, 2.75) is 13.8 Å². The fourth-order valence-corrected chi connectivity index (χ4v) is 3.63. The van der Waals surface area contributed by atoms with Gasteiger partial charge in [0, 0.05) is 12.5 Å². The van der Waals surface area contributed by atoms with Crippen molar-refractivity contribution < 1.29 is 9.53 Å². The highest BCUT2D eigenvalue weighted by Crippen LogP contribution is 2.20. The van der Waals surface area contributed by atoms with Gasteiger partial charge >= 0.3 is 5.97 Å². The number of carbonyl (C=O) groups is 1. The van der Waals surface area contributed by atoms with Gasteiger partial charge in [-0.25, -0.2) is 0 Å². The summed E-state index contributed by atoms with van der Waals surface area (Å²) in [5.41, 5.74) is 2.60. The zero-order valence-corrected chi connectivity index (χ0v) is 15.5. The van der Waals surface area contributed by atoms with E-state index in [-0.39, 0.29) is 11.5 Å². The molecule has 0 saturated heterocycles. The maximum absolute atomic E-state index is 12.6. The van der Waals surface area contributed by atoms with Gasteiger partial charge < -0.3 is 4.74 Å². The van der Waals surface area contributed by atoms with Crippen LogP contribution in [0.25, 0.3) is 22.4 Å². The molecule has 0 N–H and O–H groups in total. The first-order valence-electron chi connectivity index (χ1n) is 8.27. The van der Waals surface area contributed by atoms with Crippen molar-refractivity contribution in [3.05, 3.63) is 74.5 Å². The predicted molar refractivity (Wildman–Crippen MR) is 104 cm³/mol. The minimum Gasteiger partial charge on any atom is -0.427 e. The second kappa shape index (κ2) is 6.77. The Morgan fingerprint density at radius 2 is 1.89 bits per heavy atom. The molecule has 0 aliphatic rings. The van der Waals surface area contributed by atoms with Crippen molar-refractivity contribution >= 4 is 28.3 Å². The number of rotatable bonds is 3. The van der Waals surface area contributed by atoms with Gasteiger partial charge in [-0.3, -0.25) is 9.59 Å². The number of aryl methyl sites for hydroxylation is 1. The molecule has 0 saturated carbocycles. The molecule has 4 aromatic rings. The van der Waals surface area contributed by atoms with Crippen LogP contribution < -0.4 is 14.8 Å². The van der Waals surface area contributed by atoms with E-state index in [1.807, 2.05) is 31.2 Å². The molecule has 0 bridgehead atoms. The summed E-state index contributed by atoms with van der Waals surface area (Å²) in [6.07, 6.45) is 1.77. The lowest BCUT2D eigenvalue weighted by molar-refractivity contribution is -0.131. The number of benzene rings is 2. The molecule has 134 valence electrons. The third-order valence-electron chi connectivity index (χ3n) is 4.01. The molecule has 0 unspecified atom stereocenters. The average molecular weight is 377 g/mol. The van der Waals surface area contributed by atoms with E-state index in [1.165, 1.54) is 22.8 Å². The Balaban J connectivity index is 1.71. The molecular weight excluding hydrogens is 362 g/mol. The Morgan fingerprint density at radius 1 is 1.15 bits per heavy atom. The number of ether oxygens (including phenoxy) is 1. The molecule has 0 aliphatic carbocycles. The minimum atomic E-state index is -0.372. The SMILES string of the molecule is CC(=O)Oc1ccc(/C=c2/sc3nc(-c4ccccc4C)nn3c2=O)cc1. The second-order valence-corrected chi connectivity index (χ2v) is 7.03. The number of carbonyl (C=O) groups excluding carboxylic acids is 1. The molecule has 0 aliphatic heterocycles. The molecular formula is C20H15N3O3S. The van der Waals surface area contributed by atoms with Crippen LogP contribution in [0.5, 0.6) is 5.75 Å². The summed E-state index contributed by atoms with van der Waals surface area (Å²) in [7, 11) is 0. The molecule has 27 heavy (non-hydrogen) atoms. The van der Waals surface area contributed by atoms with Gasteiger partial charge in [0.2, 0.25) is 4.96 Å². The monoisotopic (exact) mass is 377 g/mol. The third-order valence-corrected chi connectivity index (χ3v) is 4.97. The molecule has 0 radical (unpaired) electrons. The number of esters is 1. The van der Waals surface area contributed by atoms with Crippen molar-refractivity contribution in [2.24, 2.45) is 0 Å². The molecule has 2 aromatic carbocycles. The van der Waals surface area contributed by atoms with Gasteiger partial charge in [-0.05, 0) is 36.3 Å². The molecule has 7 heteroatoms. The molecule has 2 aromatic heterocycles. The quantitative estimate of drug-likeness (QED) is 0.405. The Kier molecular flexibility index (Phi) is 4.29. The van der Waals surface area contributed by atoms with E-state index in [9.17, 15) is 9.59 Å². The van der Waals surface area contributed by atoms with Gasteiger partial charge in [-0.1, -0.05) is 47.7 Å². The van der Waals surface area contributed by atoms with Gasteiger partial charge in [0.1, 0.15) is 5.75 Å². The first-order chi connectivity index (χ1) is 13.0. The van der Waals surface area contributed by atoms with Gasteiger partial charge in [0.05, 0.1) is 4.53 Å². The average Bonchev–Trinajstić information content (AvgIpc) is 3.17. The van der Waals surface area contributed by atoms with E-state index in [2.05, 4.69) is 10.1 Å². The van der Waals surface area contributed by atoms with Crippen molar-refractivity contribution in [1.29, 1.82) is 0 Å².